The van der Waals surface area contributed by atoms with Crippen molar-refractivity contribution in [3.8, 4) is 17.0 Å². The molecule has 3 rings (SSSR count). The minimum atomic E-state index is -0.373. The Morgan fingerprint density at radius 2 is 1.50 bits per heavy atom. The van der Waals surface area contributed by atoms with E-state index in [4.69, 9.17) is 14.2 Å². The molecule has 1 aromatic heterocycles. The first-order valence-electron chi connectivity index (χ1n) is 14.3. The first kappa shape index (κ1) is 28.6. The van der Waals surface area contributed by atoms with E-state index in [0.29, 0.717) is 18.3 Å². The normalized spacial score (nSPS) is 17.9. The van der Waals surface area contributed by atoms with Crippen LogP contribution in [0.3, 0.4) is 0 Å². The third-order valence-corrected chi connectivity index (χ3v) is 6.97. The van der Waals surface area contributed by atoms with Crippen LogP contribution in [-0.4, -0.2) is 24.8 Å². The van der Waals surface area contributed by atoms with Gasteiger partial charge in [-0.3, -0.25) is 4.98 Å². The van der Waals surface area contributed by atoms with E-state index in [1.807, 2.05) is 18.2 Å². The molecule has 0 radical (unpaired) electrons. The lowest BCUT2D eigenvalue weighted by molar-refractivity contribution is -0.206. The molecule has 1 aliphatic rings. The van der Waals surface area contributed by atoms with E-state index in [0.717, 1.165) is 42.9 Å². The van der Waals surface area contributed by atoms with E-state index in [1.54, 1.807) is 12.3 Å². The van der Waals surface area contributed by atoms with E-state index >= 15 is 0 Å². The molecule has 0 N–H and O–H groups in total. The van der Waals surface area contributed by atoms with Gasteiger partial charge in [-0.05, 0) is 37.1 Å². The van der Waals surface area contributed by atoms with Crippen LogP contribution >= 0.6 is 0 Å². The summed E-state index contributed by atoms with van der Waals surface area (Å²) in [6.45, 7) is 6.46. The van der Waals surface area contributed by atoms with Crippen LogP contribution in [0, 0.1) is 11.7 Å². The maximum Gasteiger partial charge on any atom is 0.185 e. The van der Waals surface area contributed by atoms with Gasteiger partial charge in [0.1, 0.15) is 0 Å². The van der Waals surface area contributed by atoms with E-state index in [2.05, 4.69) is 18.8 Å². The predicted molar refractivity (Wildman–Crippen MR) is 145 cm³/mol. The van der Waals surface area contributed by atoms with Crippen LogP contribution in [-0.2, 0) is 9.47 Å². The Kier molecular flexibility index (Phi) is 13.3. The van der Waals surface area contributed by atoms with Gasteiger partial charge in [-0.2, -0.15) is 0 Å². The molecule has 1 aliphatic heterocycles. The number of hydrogen-bond donors (Lipinski definition) is 0. The van der Waals surface area contributed by atoms with Crippen molar-refractivity contribution in [1.29, 1.82) is 0 Å². The van der Waals surface area contributed by atoms with E-state index in [1.165, 1.54) is 76.7 Å². The fourth-order valence-corrected chi connectivity index (χ4v) is 4.67. The largest absolute Gasteiger partial charge is 0.491 e. The summed E-state index contributed by atoms with van der Waals surface area (Å²) in [6.07, 6.45) is 17.6. The van der Waals surface area contributed by atoms with Crippen LogP contribution in [0.1, 0.15) is 109 Å². The Bertz CT molecular complexity index is 849. The van der Waals surface area contributed by atoms with E-state index in [9.17, 15) is 4.39 Å². The first-order chi connectivity index (χ1) is 17.7. The van der Waals surface area contributed by atoms with Gasteiger partial charge < -0.3 is 14.2 Å². The van der Waals surface area contributed by atoms with Gasteiger partial charge in [-0.1, -0.05) is 90.5 Å². The zero-order valence-electron chi connectivity index (χ0n) is 22.5. The Labute approximate surface area is 218 Å². The Hall–Kier alpha value is -1.98. The van der Waals surface area contributed by atoms with Gasteiger partial charge in [-0.15, -0.1) is 0 Å². The van der Waals surface area contributed by atoms with Crippen molar-refractivity contribution in [1.82, 2.24) is 4.98 Å². The van der Waals surface area contributed by atoms with Crippen molar-refractivity contribution in [2.45, 2.75) is 104 Å². The Morgan fingerprint density at radius 3 is 2.14 bits per heavy atom. The maximum absolute atomic E-state index is 14.6. The van der Waals surface area contributed by atoms with Crippen LogP contribution in [0.2, 0.25) is 0 Å². The molecule has 5 heteroatoms. The lowest BCUT2D eigenvalue weighted by atomic mass is 10.0. The lowest BCUT2D eigenvalue weighted by Gasteiger charge is -2.29. The van der Waals surface area contributed by atoms with Crippen LogP contribution in [0.4, 0.5) is 4.39 Å². The topological polar surface area (TPSA) is 40.6 Å². The summed E-state index contributed by atoms with van der Waals surface area (Å²) >= 11 is 0. The van der Waals surface area contributed by atoms with Crippen molar-refractivity contribution in [3.63, 3.8) is 0 Å². The molecule has 2 heterocycles. The molecular weight excluding hydrogens is 453 g/mol. The second-order valence-corrected chi connectivity index (χ2v) is 10.2. The number of benzene rings is 1. The summed E-state index contributed by atoms with van der Waals surface area (Å²) in [5, 5.41) is 0. The molecule has 0 saturated carbocycles. The van der Waals surface area contributed by atoms with Gasteiger partial charge in [0, 0.05) is 23.2 Å². The van der Waals surface area contributed by atoms with Crippen LogP contribution in [0.15, 0.2) is 36.5 Å². The van der Waals surface area contributed by atoms with Crippen molar-refractivity contribution in [2.75, 3.05) is 19.8 Å². The summed E-state index contributed by atoms with van der Waals surface area (Å²) in [5.41, 5.74) is 2.35. The number of aromatic nitrogens is 1. The molecule has 4 nitrogen and oxygen atoms in total. The molecule has 1 fully saturated rings. The predicted octanol–water partition coefficient (Wildman–Crippen LogP) is 9.04. The summed E-state index contributed by atoms with van der Waals surface area (Å²) in [5.74, 6) is 0.433. The van der Waals surface area contributed by atoms with Crippen LogP contribution in [0.5, 0.6) is 5.75 Å². The summed E-state index contributed by atoms with van der Waals surface area (Å²) in [7, 11) is 0. The quantitative estimate of drug-likeness (QED) is 0.204. The van der Waals surface area contributed by atoms with Crippen molar-refractivity contribution in [3.05, 3.63) is 47.9 Å². The fraction of sp³-hybridized carbons (Fsp3) is 0.645. The second kappa shape index (κ2) is 16.7. The average Bonchev–Trinajstić information content (AvgIpc) is 2.91. The number of pyridine rings is 1. The van der Waals surface area contributed by atoms with Crippen molar-refractivity contribution in [2.24, 2.45) is 5.92 Å². The molecule has 0 amide bonds. The number of rotatable bonds is 17. The first-order valence-corrected chi connectivity index (χ1v) is 14.3. The highest BCUT2D eigenvalue weighted by Gasteiger charge is 2.23. The number of hydrogen-bond acceptors (Lipinski definition) is 4. The van der Waals surface area contributed by atoms with Gasteiger partial charge in [-0.25, -0.2) is 4.39 Å². The number of unbranched alkanes of at least 4 members (excludes halogenated alkanes) is 10. The molecule has 1 aromatic carbocycles. The highest BCUT2D eigenvalue weighted by Crippen LogP contribution is 2.29. The summed E-state index contributed by atoms with van der Waals surface area (Å²) in [4.78, 5) is 4.54. The molecule has 0 unspecified atom stereocenters. The molecular formula is C31H46FNO3. The van der Waals surface area contributed by atoms with Gasteiger partial charge in [0.05, 0.1) is 25.5 Å². The lowest BCUT2D eigenvalue weighted by Crippen LogP contribution is -2.27. The monoisotopic (exact) mass is 499 g/mol. The summed E-state index contributed by atoms with van der Waals surface area (Å²) in [6, 6.07) is 8.92. The molecule has 0 aliphatic carbocycles. The molecule has 200 valence electrons. The molecule has 0 spiro atoms. The van der Waals surface area contributed by atoms with Gasteiger partial charge in [0.2, 0.25) is 0 Å². The Morgan fingerprint density at radius 1 is 0.833 bits per heavy atom. The zero-order chi connectivity index (χ0) is 25.4. The van der Waals surface area contributed by atoms with E-state index in [-0.39, 0.29) is 12.1 Å². The second-order valence-electron chi connectivity index (χ2n) is 10.2. The van der Waals surface area contributed by atoms with E-state index < -0.39 is 0 Å². The molecule has 2 aromatic rings. The molecule has 0 bridgehead atoms. The number of halogens is 1. The van der Waals surface area contributed by atoms with Gasteiger partial charge >= 0.3 is 0 Å². The number of nitrogens with zero attached hydrogens (tertiary/aromatic N) is 1. The smallest absolute Gasteiger partial charge is 0.185 e. The minimum absolute atomic E-state index is 0.306. The van der Waals surface area contributed by atoms with Gasteiger partial charge in [0.15, 0.2) is 17.9 Å². The summed E-state index contributed by atoms with van der Waals surface area (Å²) < 4.78 is 32.2. The highest BCUT2D eigenvalue weighted by molar-refractivity contribution is 5.60. The third kappa shape index (κ3) is 9.82. The third-order valence-electron chi connectivity index (χ3n) is 6.97. The highest BCUT2D eigenvalue weighted by atomic mass is 19.1. The standard InChI is InChI=1S/C31H46FNO3/c1-3-5-7-9-10-11-13-15-25-23-35-31(36-24-25)27-16-18-29(33-22-27)26-17-19-30(28(32)21-26)34-20-14-12-8-6-4-2/h16-19,21-22,25,31H,3-15,20,23-24H2,1-2H3/t25-,31-. The SMILES string of the molecule is CCCCCCCCC[C@H]1CO[C@H](c2ccc(-c3ccc(OCCCCCCC)c(F)c3)nc2)OC1. The van der Waals surface area contributed by atoms with Gasteiger partial charge in [0.25, 0.3) is 0 Å². The maximum atomic E-state index is 14.6. The molecule has 1 saturated heterocycles. The molecule has 0 atom stereocenters. The van der Waals surface area contributed by atoms with Crippen LogP contribution < -0.4 is 4.74 Å². The fourth-order valence-electron chi connectivity index (χ4n) is 4.67. The average molecular weight is 500 g/mol. The number of ether oxygens (including phenoxy) is 3. The minimum Gasteiger partial charge on any atom is -0.491 e. The Balaban J connectivity index is 1.39. The van der Waals surface area contributed by atoms with Crippen molar-refractivity contribution < 1.29 is 18.6 Å². The zero-order valence-corrected chi connectivity index (χ0v) is 22.5. The molecule has 36 heavy (non-hydrogen) atoms. The van der Waals surface area contributed by atoms with Crippen LogP contribution in [0.25, 0.3) is 11.3 Å². The van der Waals surface area contributed by atoms with Crippen molar-refractivity contribution >= 4 is 0 Å².